The molecule has 7 heteroatoms. The topological polar surface area (TPSA) is 85.6 Å². The quantitative estimate of drug-likeness (QED) is 0.367. The number of anilines is 1. The molecular weight excluding hydrogens is 462 g/mol. The van der Waals surface area contributed by atoms with E-state index in [0.29, 0.717) is 40.5 Å². The van der Waals surface area contributed by atoms with Crippen LogP contribution in [0.25, 0.3) is 11.0 Å². The molecule has 1 amide bonds. The monoisotopic (exact) mass is 487 g/mol. The molecule has 1 heterocycles. The van der Waals surface area contributed by atoms with E-state index in [1.54, 1.807) is 18.2 Å². The molecule has 2 aromatic rings. The lowest BCUT2D eigenvalue weighted by Gasteiger charge is -2.60. The number of ether oxygens (including phenoxy) is 1. The van der Waals surface area contributed by atoms with E-state index < -0.39 is 5.63 Å². The second-order valence-electron chi connectivity index (χ2n) is 9.93. The zero-order valence-corrected chi connectivity index (χ0v) is 19.1. The minimum Gasteiger partial charge on any atom is -0.461 e. The normalized spacial score (nSPS) is 31.0. The van der Waals surface area contributed by atoms with Gasteiger partial charge in [-0.1, -0.05) is 15.9 Å². The van der Waals surface area contributed by atoms with Crippen molar-refractivity contribution in [3.8, 4) is 0 Å². The number of hydrogen-bond donors (Lipinski definition) is 1. The molecule has 0 saturated heterocycles. The van der Waals surface area contributed by atoms with Gasteiger partial charge >= 0.3 is 11.6 Å². The van der Waals surface area contributed by atoms with E-state index in [1.807, 2.05) is 0 Å². The maximum absolute atomic E-state index is 12.8. The van der Waals surface area contributed by atoms with Crippen LogP contribution in [0.15, 0.2) is 33.5 Å². The summed E-state index contributed by atoms with van der Waals surface area (Å²) in [5.74, 6) is 1.03. The van der Waals surface area contributed by atoms with Crippen molar-refractivity contribution in [2.75, 3.05) is 5.32 Å². The van der Waals surface area contributed by atoms with E-state index in [9.17, 15) is 14.4 Å². The van der Waals surface area contributed by atoms with Gasteiger partial charge in [0.1, 0.15) is 12.2 Å². The SMILES string of the molecule is CC(=O)Nc1ccc2c(COC(=O)CC34CC5CC(CC(Br)(C5)C3)C4)cc(=O)oc2c1. The molecule has 1 aromatic heterocycles. The van der Waals surface area contributed by atoms with Crippen LogP contribution in [0, 0.1) is 17.3 Å². The van der Waals surface area contributed by atoms with Crippen LogP contribution in [-0.2, 0) is 20.9 Å². The molecule has 6 nitrogen and oxygen atoms in total. The van der Waals surface area contributed by atoms with Crippen molar-refractivity contribution in [1.29, 1.82) is 0 Å². The third-order valence-electron chi connectivity index (χ3n) is 7.17. The fraction of sp³-hybridized carbons (Fsp3) is 0.542. The zero-order chi connectivity index (χ0) is 21.8. The van der Waals surface area contributed by atoms with Crippen molar-refractivity contribution in [2.24, 2.45) is 17.3 Å². The highest BCUT2D eigenvalue weighted by atomic mass is 79.9. The summed E-state index contributed by atoms with van der Waals surface area (Å²) in [6.45, 7) is 1.44. The van der Waals surface area contributed by atoms with E-state index in [-0.39, 0.29) is 28.2 Å². The van der Waals surface area contributed by atoms with Crippen molar-refractivity contribution in [1.82, 2.24) is 0 Å². The average Bonchev–Trinajstić information content (AvgIpc) is 2.62. The fourth-order valence-electron chi connectivity index (χ4n) is 6.69. The molecule has 1 aromatic carbocycles. The molecule has 4 saturated carbocycles. The molecule has 164 valence electrons. The zero-order valence-electron chi connectivity index (χ0n) is 17.5. The van der Waals surface area contributed by atoms with Crippen molar-refractivity contribution in [3.63, 3.8) is 0 Å². The Hall–Kier alpha value is -2.15. The van der Waals surface area contributed by atoms with Crippen LogP contribution in [0.5, 0.6) is 0 Å². The van der Waals surface area contributed by atoms with E-state index in [0.717, 1.165) is 19.3 Å². The number of carbonyl (C=O) groups is 2. The molecule has 31 heavy (non-hydrogen) atoms. The number of carbonyl (C=O) groups excluding carboxylic acids is 2. The number of nitrogens with one attached hydrogen (secondary N) is 1. The number of fused-ring (bicyclic) bond motifs is 1. The fourth-order valence-corrected chi connectivity index (χ4v) is 8.20. The Bertz CT molecular complexity index is 1110. The van der Waals surface area contributed by atoms with Crippen molar-refractivity contribution < 1.29 is 18.7 Å². The molecule has 2 unspecified atom stereocenters. The van der Waals surface area contributed by atoms with Gasteiger partial charge in [-0.15, -0.1) is 0 Å². The summed E-state index contributed by atoms with van der Waals surface area (Å²) in [4.78, 5) is 36.1. The Labute approximate surface area is 188 Å². The second-order valence-corrected chi connectivity index (χ2v) is 11.6. The lowest BCUT2D eigenvalue weighted by molar-refractivity contribution is -0.152. The highest BCUT2D eigenvalue weighted by Gasteiger charge is 2.57. The first kappa shape index (κ1) is 20.7. The number of hydrogen-bond acceptors (Lipinski definition) is 5. The van der Waals surface area contributed by atoms with Crippen LogP contribution in [0.2, 0.25) is 0 Å². The van der Waals surface area contributed by atoms with E-state index >= 15 is 0 Å². The first-order valence-corrected chi connectivity index (χ1v) is 11.7. The highest BCUT2D eigenvalue weighted by Crippen LogP contribution is 2.65. The summed E-state index contributed by atoms with van der Waals surface area (Å²) in [6.07, 6.45) is 7.49. The van der Waals surface area contributed by atoms with Gasteiger partial charge < -0.3 is 14.5 Å². The Balaban J connectivity index is 1.30. The number of halogens is 1. The molecule has 4 aliphatic rings. The number of alkyl halides is 1. The lowest BCUT2D eigenvalue weighted by Crippen LogP contribution is -2.53. The number of amides is 1. The van der Waals surface area contributed by atoms with Gasteiger partial charge in [0.2, 0.25) is 5.91 Å². The Morgan fingerprint density at radius 2 is 1.94 bits per heavy atom. The molecule has 4 bridgehead atoms. The summed E-state index contributed by atoms with van der Waals surface area (Å²) >= 11 is 3.99. The average molecular weight is 488 g/mol. The molecule has 0 spiro atoms. The summed E-state index contributed by atoms with van der Waals surface area (Å²) in [6, 6.07) is 6.47. The smallest absolute Gasteiger partial charge is 0.336 e. The summed E-state index contributed by atoms with van der Waals surface area (Å²) in [5.41, 5.74) is 1.04. The third kappa shape index (κ3) is 4.16. The second kappa shape index (κ2) is 7.47. The Morgan fingerprint density at radius 1 is 1.19 bits per heavy atom. The molecule has 0 radical (unpaired) electrons. The van der Waals surface area contributed by atoms with Crippen LogP contribution < -0.4 is 10.9 Å². The molecular formula is C24H26BrNO5. The standard InChI is InChI=1S/C24H26BrNO5/c1-14(27)26-18-2-3-19-17(5-21(28)31-20(19)6-18)12-30-22(29)11-23-7-15-4-16(8-23)10-24(25,9-15)13-23/h2-3,5-6,15-16H,4,7-13H2,1H3,(H,26,27). The first-order valence-electron chi connectivity index (χ1n) is 10.9. The largest absolute Gasteiger partial charge is 0.461 e. The van der Waals surface area contributed by atoms with Crippen molar-refractivity contribution in [3.05, 3.63) is 40.2 Å². The van der Waals surface area contributed by atoms with Gasteiger partial charge in [0, 0.05) is 40.0 Å². The highest BCUT2D eigenvalue weighted by molar-refractivity contribution is 9.10. The van der Waals surface area contributed by atoms with Crippen molar-refractivity contribution in [2.45, 2.75) is 62.8 Å². The van der Waals surface area contributed by atoms with Crippen molar-refractivity contribution >= 4 is 44.5 Å². The Morgan fingerprint density at radius 3 is 2.61 bits per heavy atom. The third-order valence-corrected chi connectivity index (χ3v) is 8.10. The minimum atomic E-state index is -0.513. The molecule has 0 aliphatic heterocycles. The van der Waals surface area contributed by atoms with Gasteiger partial charge in [-0.05, 0) is 67.9 Å². The van der Waals surface area contributed by atoms with Gasteiger partial charge in [0.15, 0.2) is 0 Å². The van der Waals surface area contributed by atoms with E-state index in [1.165, 1.54) is 32.3 Å². The van der Waals surface area contributed by atoms with Crippen LogP contribution in [0.1, 0.15) is 57.4 Å². The van der Waals surface area contributed by atoms with Gasteiger partial charge in [-0.25, -0.2) is 4.79 Å². The molecule has 1 N–H and O–H groups in total. The van der Waals surface area contributed by atoms with Crippen LogP contribution in [0.4, 0.5) is 5.69 Å². The number of esters is 1. The predicted octanol–water partition coefficient (Wildman–Crippen LogP) is 4.92. The number of benzene rings is 1. The Kier molecular flexibility index (Phi) is 5.00. The van der Waals surface area contributed by atoms with Gasteiger partial charge in [0.25, 0.3) is 0 Å². The minimum absolute atomic E-state index is 0.0306. The van der Waals surface area contributed by atoms with E-state index in [2.05, 4.69) is 21.2 Å². The van der Waals surface area contributed by atoms with Gasteiger partial charge in [0.05, 0.1) is 6.42 Å². The van der Waals surface area contributed by atoms with Crippen LogP contribution in [0.3, 0.4) is 0 Å². The molecule has 4 aliphatic carbocycles. The van der Waals surface area contributed by atoms with Gasteiger partial charge in [-0.3, -0.25) is 9.59 Å². The summed E-state index contributed by atoms with van der Waals surface area (Å²) in [5, 5.41) is 3.36. The predicted molar refractivity (Wildman–Crippen MR) is 120 cm³/mol. The maximum Gasteiger partial charge on any atom is 0.336 e. The summed E-state index contributed by atoms with van der Waals surface area (Å²) in [7, 11) is 0. The molecule has 6 rings (SSSR count). The molecule has 2 atom stereocenters. The van der Waals surface area contributed by atoms with Crippen LogP contribution >= 0.6 is 15.9 Å². The first-order chi connectivity index (χ1) is 14.7. The number of rotatable bonds is 5. The lowest BCUT2D eigenvalue weighted by atomic mass is 9.49. The summed E-state index contributed by atoms with van der Waals surface area (Å²) < 4.78 is 11.1. The van der Waals surface area contributed by atoms with Crippen LogP contribution in [-0.4, -0.2) is 16.2 Å². The molecule has 4 fully saturated rings. The maximum atomic E-state index is 12.8. The van der Waals surface area contributed by atoms with E-state index in [4.69, 9.17) is 9.15 Å². The van der Waals surface area contributed by atoms with Gasteiger partial charge in [-0.2, -0.15) is 0 Å².